The first-order chi connectivity index (χ1) is 11.7. The van der Waals surface area contributed by atoms with Crippen molar-refractivity contribution in [2.24, 2.45) is 0 Å². The van der Waals surface area contributed by atoms with Crippen molar-refractivity contribution in [3.63, 3.8) is 0 Å². The molecule has 4 heteroatoms. The molecule has 0 radical (unpaired) electrons. The maximum atomic E-state index is 9.30. The van der Waals surface area contributed by atoms with Gasteiger partial charge < -0.3 is 15.6 Å². The summed E-state index contributed by atoms with van der Waals surface area (Å²) in [5, 5.41) is 9.30. The van der Waals surface area contributed by atoms with Crippen LogP contribution in [0.3, 0.4) is 0 Å². The van der Waals surface area contributed by atoms with Gasteiger partial charge in [0, 0.05) is 19.6 Å². The molecule has 130 valence electrons. The molecule has 0 fully saturated rings. The Morgan fingerprint density at radius 1 is 1.04 bits per heavy atom. The number of rotatable bonds is 10. The third kappa shape index (κ3) is 5.87. The van der Waals surface area contributed by atoms with Gasteiger partial charge in [0.25, 0.3) is 0 Å². The summed E-state index contributed by atoms with van der Waals surface area (Å²) in [4.78, 5) is 2.26. The number of aliphatic hydroxyl groups excluding tert-OH is 1. The Morgan fingerprint density at radius 3 is 2.50 bits per heavy atom. The summed E-state index contributed by atoms with van der Waals surface area (Å²) in [5.74, 6) is 0.761. The summed E-state index contributed by atoms with van der Waals surface area (Å²) in [5.41, 5.74) is 9.21. The number of nitrogens with two attached hydrogens (primary N) is 1. The molecule has 0 spiro atoms. The molecule has 0 aliphatic rings. The van der Waals surface area contributed by atoms with E-state index in [0.29, 0.717) is 18.8 Å². The second kappa shape index (κ2) is 9.96. The van der Waals surface area contributed by atoms with Crippen molar-refractivity contribution in [2.75, 3.05) is 32.0 Å². The number of hydrogen-bond donors (Lipinski definition) is 2. The molecule has 0 unspecified atom stereocenters. The number of benzene rings is 2. The van der Waals surface area contributed by atoms with Gasteiger partial charge in [-0.15, -0.1) is 0 Å². The highest BCUT2D eigenvalue weighted by atomic mass is 16.5. The largest absolute Gasteiger partial charge is 0.491 e. The number of hydrogen-bond acceptors (Lipinski definition) is 4. The summed E-state index contributed by atoms with van der Waals surface area (Å²) in [6.07, 6.45) is 1.86. The number of nitrogens with zero attached hydrogens (tertiary/aromatic N) is 1. The lowest BCUT2D eigenvalue weighted by molar-refractivity contribution is 0.191. The average molecular weight is 328 g/mol. The van der Waals surface area contributed by atoms with Gasteiger partial charge >= 0.3 is 0 Å². The van der Waals surface area contributed by atoms with Crippen molar-refractivity contribution in [3.8, 4) is 5.75 Å². The van der Waals surface area contributed by atoms with Crippen molar-refractivity contribution in [2.45, 2.75) is 26.3 Å². The smallest absolute Gasteiger partial charge is 0.142 e. The Hall–Kier alpha value is -2.04. The lowest BCUT2D eigenvalue weighted by atomic mass is 10.1. The van der Waals surface area contributed by atoms with Gasteiger partial charge in [0.05, 0.1) is 18.9 Å². The Kier molecular flexibility index (Phi) is 7.59. The van der Waals surface area contributed by atoms with Crippen LogP contribution in [0.15, 0.2) is 48.5 Å². The minimum absolute atomic E-state index is 0.165. The van der Waals surface area contributed by atoms with Crippen LogP contribution in [0, 0.1) is 0 Å². The van der Waals surface area contributed by atoms with Crippen molar-refractivity contribution in [1.29, 1.82) is 0 Å². The van der Waals surface area contributed by atoms with Crippen LogP contribution in [0.25, 0.3) is 0 Å². The molecule has 0 saturated heterocycles. The minimum atomic E-state index is 0.165. The van der Waals surface area contributed by atoms with E-state index in [1.807, 2.05) is 30.3 Å². The van der Waals surface area contributed by atoms with Gasteiger partial charge in [-0.1, -0.05) is 43.3 Å². The van der Waals surface area contributed by atoms with Gasteiger partial charge in [-0.25, -0.2) is 0 Å². The zero-order valence-corrected chi connectivity index (χ0v) is 14.4. The van der Waals surface area contributed by atoms with Crippen LogP contribution < -0.4 is 10.5 Å². The van der Waals surface area contributed by atoms with Crippen LogP contribution in [-0.2, 0) is 13.0 Å². The molecule has 0 aliphatic heterocycles. The van der Waals surface area contributed by atoms with E-state index in [1.165, 1.54) is 11.1 Å². The average Bonchev–Trinajstić information content (AvgIpc) is 2.60. The molecule has 4 nitrogen and oxygen atoms in total. The first-order valence-corrected chi connectivity index (χ1v) is 8.61. The third-order valence-electron chi connectivity index (χ3n) is 3.92. The lowest BCUT2D eigenvalue weighted by Gasteiger charge is -2.21. The molecule has 0 heterocycles. The van der Waals surface area contributed by atoms with Crippen LogP contribution in [0.5, 0.6) is 5.75 Å². The van der Waals surface area contributed by atoms with Gasteiger partial charge in [0.2, 0.25) is 0 Å². The van der Waals surface area contributed by atoms with E-state index in [4.69, 9.17) is 10.5 Å². The summed E-state index contributed by atoms with van der Waals surface area (Å²) in [6.45, 7) is 5.32. The number of anilines is 1. The molecule has 0 atom stereocenters. The van der Waals surface area contributed by atoms with E-state index >= 15 is 0 Å². The summed E-state index contributed by atoms with van der Waals surface area (Å²) < 4.78 is 5.62. The third-order valence-corrected chi connectivity index (χ3v) is 3.92. The van der Waals surface area contributed by atoms with Crippen LogP contribution in [0.4, 0.5) is 5.69 Å². The van der Waals surface area contributed by atoms with Crippen molar-refractivity contribution in [1.82, 2.24) is 4.90 Å². The maximum Gasteiger partial charge on any atom is 0.142 e. The fourth-order valence-electron chi connectivity index (χ4n) is 2.64. The molecule has 0 aliphatic carbocycles. The summed E-state index contributed by atoms with van der Waals surface area (Å²) >= 11 is 0. The van der Waals surface area contributed by atoms with Crippen molar-refractivity contribution < 1.29 is 9.84 Å². The molecule has 0 bridgehead atoms. The van der Waals surface area contributed by atoms with Gasteiger partial charge in [0.15, 0.2) is 0 Å². The molecule has 3 N–H and O–H groups in total. The van der Waals surface area contributed by atoms with Gasteiger partial charge in [0.1, 0.15) is 5.75 Å². The lowest BCUT2D eigenvalue weighted by Crippen LogP contribution is -2.28. The van der Waals surface area contributed by atoms with Crippen LogP contribution in [0.1, 0.15) is 24.5 Å². The van der Waals surface area contributed by atoms with Gasteiger partial charge in [-0.3, -0.25) is 4.90 Å². The van der Waals surface area contributed by atoms with E-state index in [9.17, 15) is 5.11 Å². The topological polar surface area (TPSA) is 58.7 Å². The quantitative estimate of drug-likeness (QED) is 0.658. The van der Waals surface area contributed by atoms with Crippen LogP contribution in [0.2, 0.25) is 0 Å². The normalized spacial score (nSPS) is 11.0. The molecule has 0 saturated carbocycles. The van der Waals surface area contributed by atoms with Crippen LogP contribution >= 0.6 is 0 Å². The zero-order valence-electron chi connectivity index (χ0n) is 14.4. The maximum absolute atomic E-state index is 9.30. The van der Waals surface area contributed by atoms with Gasteiger partial charge in [-0.05, 0) is 36.1 Å². The van der Waals surface area contributed by atoms with Crippen molar-refractivity contribution >= 4 is 5.69 Å². The first kappa shape index (κ1) is 18.3. The van der Waals surface area contributed by atoms with Gasteiger partial charge in [-0.2, -0.15) is 0 Å². The standard InChI is InChI=1S/C20H28N2O2/c1-2-14-24-20-9-8-17(15-19(20)21)10-11-22(12-13-23)16-18-6-4-3-5-7-18/h3-9,15,23H,2,10-14,16,21H2,1H3. The highest BCUT2D eigenvalue weighted by Crippen LogP contribution is 2.23. The second-order valence-electron chi connectivity index (χ2n) is 5.96. The Bertz CT molecular complexity index is 602. The number of aliphatic hydroxyl groups is 1. The molecule has 0 amide bonds. The van der Waals surface area contributed by atoms with E-state index < -0.39 is 0 Å². The zero-order chi connectivity index (χ0) is 17.2. The molecule has 2 aromatic rings. The number of ether oxygens (including phenoxy) is 1. The Labute approximate surface area is 144 Å². The highest BCUT2D eigenvalue weighted by molar-refractivity contribution is 5.54. The van der Waals surface area contributed by atoms with Crippen molar-refractivity contribution in [3.05, 3.63) is 59.7 Å². The second-order valence-corrected chi connectivity index (χ2v) is 5.96. The molecular formula is C20H28N2O2. The summed E-state index contributed by atoms with van der Waals surface area (Å²) in [7, 11) is 0. The fourth-order valence-corrected chi connectivity index (χ4v) is 2.64. The Morgan fingerprint density at radius 2 is 1.83 bits per heavy atom. The predicted molar refractivity (Wildman–Crippen MR) is 99.1 cm³/mol. The SMILES string of the molecule is CCCOc1ccc(CCN(CCO)Cc2ccccc2)cc1N. The van der Waals surface area contributed by atoms with E-state index in [-0.39, 0.29) is 6.61 Å². The van der Waals surface area contributed by atoms with E-state index in [2.05, 4.69) is 30.0 Å². The molecular weight excluding hydrogens is 300 g/mol. The highest BCUT2D eigenvalue weighted by Gasteiger charge is 2.07. The van der Waals surface area contributed by atoms with E-state index in [0.717, 1.165) is 31.7 Å². The predicted octanol–water partition coefficient (Wildman–Crippen LogP) is 3.09. The van der Waals surface area contributed by atoms with Crippen LogP contribution in [-0.4, -0.2) is 36.3 Å². The van der Waals surface area contributed by atoms with E-state index in [1.54, 1.807) is 0 Å². The molecule has 24 heavy (non-hydrogen) atoms. The number of nitrogen functional groups attached to an aromatic ring is 1. The fraction of sp³-hybridized carbons (Fsp3) is 0.400. The summed E-state index contributed by atoms with van der Waals surface area (Å²) in [6, 6.07) is 16.3. The first-order valence-electron chi connectivity index (χ1n) is 8.61. The monoisotopic (exact) mass is 328 g/mol. The molecule has 2 rings (SSSR count). The Balaban J connectivity index is 1.92. The minimum Gasteiger partial charge on any atom is -0.491 e. The molecule has 2 aromatic carbocycles. The molecule has 0 aromatic heterocycles.